The Kier molecular flexibility index (Phi) is 6.96. The monoisotopic (exact) mass is 466 g/mol. The lowest BCUT2D eigenvalue weighted by molar-refractivity contribution is -0.384. The summed E-state index contributed by atoms with van der Waals surface area (Å²) >= 11 is 13.1. The van der Waals surface area contributed by atoms with Gasteiger partial charge in [0, 0.05) is 23.7 Å². The highest BCUT2D eigenvalue weighted by Gasteiger charge is 2.15. The van der Waals surface area contributed by atoms with Crippen molar-refractivity contribution in [3.8, 4) is 0 Å². The number of halogens is 2. The van der Waals surface area contributed by atoms with Crippen molar-refractivity contribution in [2.45, 2.75) is 25.0 Å². The van der Waals surface area contributed by atoms with Crippen LogP contribution in [-0.2, 0) is 11.3 Å². The van der Waals surface area contributed by atoms with Crippen molar-refractivity contribution in [1.82, 2.24) is 9.55 Å². The zero-order valence-electron chi connectivity index (χ0n) is 15.7. The first-order valence-corrected chi connectivity index (χ1v) is 10.6. The Hall–Kier alpha value is -2.62. The molecule has 30 heavy (non-hydrogen) atoms. The smallest absolute Gasteiger partial charge is 0.271 e. The molecule has 0 radical (unpaired) electrons. The molecule has 1 aromatic heterocycles. The van der Waals surface area contributed by atoms with Crippen LogP contribution < -0.4 is 10.9 Å². The minimum atomic E-state index is -0.575. The molecule has 1 heterocycles. The third kappa shape index (κ3) is 4.92. The number of thioether (sulfide) groups is 1. The van der Waals surface area contributed by atoms with Crippen LogP contribution in [0.15, 0.2) is 46.3 Å². The van der Waals surface area contributed by atoms with Crippen molar-refractivity contribution in [2.75, 3.05) is 11.1 Å². The highest BCUT2D eigenvalue weighted by molar-refractivity contribution is 7.99. The molecule has 0 saturated heterocycles. The average Bonchev–Trinajstić information content (AvgIpc) is 2.70. The molecule has 0 spiro atoms. The fourth-order valence-corrected chi connectivity index (χ4v) is 3.90. The Morgan fingerprint density at radius 2 is 2.03 bits per heavy atom. The summed E-state index contributed by atoms with van der Waals surface area (Å²) in [6.45, 7) is 2.38. The van der Waals surface area contributed by atoms with Crippen molar-refractivity contribution >= 4 is 63.1 Å². The van der Waals surface area contributed by atoms with E-state index in [9.17, 15) is 19.7 Å². The van der Waals surface area contributed by atoms with Gasteiger partial charge in [-0.3, -0.25) is 24.3 Å². The van der Waals surface area contributed by atoms with Crippen molar-refractivity contribution in [1.29, 1.82) is 0 Å². The minimum Gasteiger partial charge on any atom is -0.324 e. The molecule has 1 amide bonds. The highest BCUT2D eigenvalue weighted by atomic mass is 35.5. The van der Waals surface area contributed by atoms with Crippen molar-refractivity contribution in [2.24, 2.45) is 0 Å². The molecule has 0 unspecified atom stereocenters. The summed E-state index contributed by atoms with van der Waals surface area (Å²) in [5, 5.41) is 14.9. The standard InChI is InChI=1S/C19H16Cl2N4O4S/c1-2-7-24-18(27)13-5-3-11(20)8-15(13)23-19(24)30-10-17(26)22-16-9-12(25(28)29)4-6-14(16)21/h3-6,8-9H,2,7,10H2,1H3,(H,22,26). The quantitative estimate of drug-likeness (QED) is 0.233. The van der Waals surface area contributed by atoms with E-state index in [2.05, 4.69) is 10.3 Å². The van der Waals surface area contributed by atoms with Crippen LogP contribution in [0.2, 0.25) is 10.0 Å². The number of carbonyl (C=O) groups excluding carboxylic acids is 1. The van der Waals surface area contributed by atoms with E-state index in [4.69, 9.17) is 23.2 Å². The Balaban J connectivity index is 1.83. The zero-order valence-corrected chi connectivity index (χ0v) is 18.1. The van der Waals surface area contributed by atoms with Gasteiger partial charge >= 0.3 is 0 Å². The fraction of sp³-hybridized carbons (Fsp3) is 0.211. The van der Waals surface area contributed by atoms with Gasteiger partial charge in [-0.1, -0.05) is 41.9 Å². The summed E-state index contributed by atoms with van der Waals surface area (Å²) in [5.74, 6) is -0.507. The molecule has 0 aliphatic rings. The van der Waals surface area contributed by atoms with E-state index in [1.807, 2.05) is 6.92 Å². The van der Waals surface area contributed by atoms with Gasteiger partial charge in [0.2, 0.25) is 5.91 Å². The number of nitro benzene ring substituents is 1. The lowest BCUT2D eigenvalue weighted by Gasteiger charge is -2.12. The number of carbonyl (C=O) groups is 1. The van der Waals surface area contributed by atoms with Gasteiger partial charge < -0.3 is 5.32 Å². The topological polar surface area (TPSA) is 107 Å². The molecule has 2 aromatic carbocycles. The van der Waals surface area contributed by atoms with Crippen LogP contribution in [0, 0.1) is 10.1 Å². The molecule has 0 aliphatic carbocycles. The third-order valence-corrected chi connectivity index (χ3v) is 5.64. The first-order chi connectivity index (χ1) is 14.3. The second-order valence-electron chi connectivity index (χ2n) is 6.27. The molecule has 3 rings (SSSR count). The van der Waals surface area contributed by atoms with E-state index in [0.29, 0.717) is 34.0 Å². The molecule has 11 heteroatoms. The summed E-state index contributed by atoms with van der Waals surface area (Å²) in [5.41, 5.74) is 0.195. The summed E-state index contributed by atoms with van der Waals surface area (Å²) in [7, 11) is 0. The lowest BCUT2D eigenvalue weighted by atomic mass is 10.2. The van der Waals surface area contributed by atoms with Crippen LogP contribution in [0.3, 0.4) is 0 Å². The number of non-ortho nitro benzene ring substituents is 1. The number of hydrogen-bond donors (Lipinski definition) is 1. The van der Waals surface area contributed by atoms with Gasteiger partial charge in [0.15, 0.2) is 5.16 Å². The third-order valence-electron chi connectivity index (χ3n) is 4.10. The first-order valence-electron chi connectivity index (χ1n) is 8.87. The van der Waals surface area contributed by atoms with E-state index in [-0.39, 0.29) is 27.7 Å². The van der Waals surface area contributed by atoms with Crippen LogP contribution in [0.4, 0.5) is 11.4 Å². The fourth-order valence-electron chi connectivity index (χ4n) is 2.74. The number of aromatic nitrogens is 2. The number of hydrogen-bond acceptors (Lipinski definition) is 6. The number of nitrogens with zero attached hydrogens (tertiary/aromatic N) is 3. The maximum absolute atomic E-state index is 12.8. The van der Waals surface area contributed by atoms with Crippen LogP contribution in [0.1, 0.15) is 13.3 Å². The van der Waals surface area contributed by atoms with Gasteiger partial charge in [0.05, 0.1) is 32.3 Å². The molecule has 0 saturated carbocycles. The Morgan fingerprint density at radius 1 is 1.27 bits per heavy atom. The van der Waals surface area contributed by atoms with Gasteiger partial charge in [-0.05, 0) is 30.7 Å². The normalized spacial score (nSPS) is 10.9. The second-order valence-corrected chi connectivity index (χ2v) is 8.06. The number of amides is 1. The maximum atomic E-state index is 12.8. The number of anilines is 1. The number of fused-ring (bicyclic) bond motifs is 1. The summed E-state index contributed by atoms with van der Waals surface area (Å²) in [4.78, 5) is 40.1. The first kappa shape index (κ1) is 22.1. The largest absolute Gasteiger partial charge is 0.324 e. The summed E-state index contributed by atoms with van der Waals surface area (Å²) < 4.78 is 1.52. The molecular formula is C19H16Cl2N4O4S. The van der Waals surface area contributed by atoms with Crippen LogP contribution in [-0.4, -0.2) is 26.1 Å². The summed E-state index contributed by atoms with van der Waals surface area (Å²) in [6.07, 6.45) is 0.712. The van der Waals surface area contributed by atoms with Gasteiger partial charge in [-0.2, -0.15) is 0 Å². The van der Waals surface area contributed by atoms with E-state index in [1.54, 1.807) is 18.2 Å². The molecule has 1 N–H and O–H groups in total. The number of nitro groups is 1. The molecule has 0 bridgehead atoms. The molecule has 0 fully saturated rings. The molecule has 0 aliphatic heterocycles. The predicted octanol–water partition coefficient (Wildman–Crippen LogP) is 4.75. The highest BCUT2D eigenvalue weighted by Crippen LogP contribution is 2.27. The SMILES string of the molecule is CCCn1c(SCC(=O)Nc2cc([N+](=O)[O-])ccc2Cl)nc2cc(Cl)ccc2c1=O. The van der Waals surface area contributed by atoms with E-state index in [1.165, 1.54) is 22.8 Å². The maximum Gasteiger partial charge on any atom is 0.271 e. The van der Waals surface area contributed by atoms with Gasteiger partial charge in [0.1, 0.15) is 0 Å². The van der Waals surface area contributed by atoms with E-state index >= 15 is 0 Å². The van der Waals surface area contributed by atoms with Crippen LogP contribution >= 0.6 is 35.0 Å². The Morgan fingerprint density at radius 3 is 2.73 bits per heavy atom. The molecule has 8 nitrogen and oxygen atoms in total. The second kappa shape index (κ2) is 9.46. The van der Waals surface area contributed by atoms with Crippen molar-refractivity contribution in [3.05, 3.63) is 66.9 Å². The Bertz CT molecular complexity index is 1200. The van der Waals surface area contributed by atoms with Gasteiger partial charge in [-0.25, -0.2) is 4.98 Å². The number of rotatable bonds is 7. The molecule has 0 atom stereocenters. The van der Waals surface area contributed by atoms with E-state index < -0.39 is 10.8 Å². The van der Waals surface area contributed by atoms with Crippen LogP contribution in [0.25, 0.3) is 10.9 Å². The van der Waals surface area contributed by atoms with E-state index in [0.717, 1.165) is 11.8 Å². The number of nitrogens with one attached hydrogen (secondary N) is 1. The average molecular weight is 467 g/mol. The zero-order chi connectivity index (χ0) is 21.8. The minimum absolute atomic E-state index is 0.0682. The van der Waals surface area contributed by atoms with Crippen molar-refractivity contribution in [3.63, 3.8) is 0 Å². The van der Waals surface area contributed by atoms with Gasteiger partial charge in [-0.15, -0.1) is 0 Å². The predicted molar refractivity (Wildman–Crippen MR) is 119 cm³/mol. The lowest BCUT2D eigenvalue weighted by Crippen LogP contribution is -2.24. The van der Waals surface area contributed by atoms with Crippen molar-refractivity contribution < 1.29 is 9.72 Å². The molecular weight excluding hydrogens is 451 g/mol. The van der Waals surface area contributed by atoms with Gasteiger partial charge in [0.25, 0.3) is 11.2 Å². The number of benzene rings is 2. The summed E-state index contributed by atoms with van der Waals surface area (Å²) in [6, 6.07) is 8.64. The molecule has 3 aromatic rings. The Labute approximate surface area is 185 Å². The molecule has 156 valence electrons. The van der Waals surface area contributed by atoms with Crippen LogP contribution in [0.5, 0.6) is 0 Å².